The van der Waals surface area contributed by atoms with Crippen LogP contribution in [0.4, 0.5) is 4.39 Å². The molecule has 9 nitrogen and oxygen atoms in total. The Kier molecular flexibility index (Phi) is 3.97. The van der Waals surface area contributed by atoms with Gasteiger partial charge in [0.1, 0.15) is 6.33 Å². The first kappa shape index (κ1) is 16.0. The fourth-order valence-electron chi connectivity index (χ4n) is 2.53. The molecule has 0 aromatic carbocycles. The number of carboxylic acids is 1. The molecule has 1 saturated heterocycles. The van der Waals surface area contributed by atoms with Gasteiger partial charge in [0.05, 0.1) is 6.54 Å². The van der Waals surface area contributed by atoms with Crippen LogP contribution in [0.2, 0.25) is 0 Å². The van der Waals surface area contributed by atoms with Crippen LogP contribution in [0.5, 0.6) is 0 Å². The molecule has 2 N–H and O–H groups in total. The summed E-state index contributed by atoms with van der Waals surface area (Å²) in [5.41, 5.74) is -1.98. The molecule has 1 unspecified atom stereocenters. The average Bonchev–Trinajstić information content (AvgIpc) is 3.04. The normalized spacial score (nSPS) is 20.8. The van der Waals surface area contributed by atoms with Gasteiger partial charge in [-0.05, 0) is 25.0 Å². The topological polar surface area (TPSA) is 121 Å². The number of aliphatic carboxylic acids is 1. The highest BCUT2D eigenvalue weighted by molar-refractivity contribution is 5.91. The maximum atomic E-state index is 13.7. The molecular weight excluding hydrogens is 321 g/mol. The SMILES string of the molecule is O=C(c1ncn(-c2ncccc2F)n1)N1CCCC(O)(C(=O)O)C1. The smallest absolute Gasteiger partial charge is 0.337 e. The maximum Gasteiger partial charge on any atom is 0.337 e. The number of hydrogen-bond acceptors (Lipinski definition) is 6. The van der Waals surface area contributed by atoms with E-state index < -0.39 is 23.3 Å². The fraction of sp³-hybridized carbons (Fsp3) is 0.357. The van der Waals surface area contributed by atoms with Crippen molar-refractivity contribution in [3.05, 3.63) is 36.3 Å². The van der Waals surface area contributed by atoms with E-state index in [2.05, 4.69) is 15.1 Å². The number of hydrogen-bond donors (Lipinski definition) is 2. The van der Waals surface area contributed by atoms with Crippen LogP contribution in [0.25, 0.3) is 5.82 Å². The number of likely N-dealkylation sites (tertiary alicyclic amines) is 1. The first-order valence-corrected chi connectivity index (χ1v) is 7.18. The van der Waals surface area contributed by atoms with E-state index in [0.29, 0.717) is 6.42 Å². The molecule has 2 aromatic heterocycles. The summed E-state index contributed by atoms with van der Waals surface area (Å²) in [4.78, 5) is 32.4. The van der Waals surface area contributed by atoms with Crippen molar-refractivity contribution in [2.24, 2.45) is 0 Å². The molecule has 3 rings (SSSR count). The number of β-amino-alcohol motifs (C(OH)–C–C–N with tert-alkyl or cyclic N) is 1. The van der Waals surface area contributed by atoms with Crippen LogP contribution in [0, 0.1) is 5.82 Å². The van der Waals surface area contributed by atoms with Gasteiger partial charge in [-0.15, -0.1) is 5.10 Å². The lowest BCUT2D eigenvalue weighted by molar-refractivity contribution is -0.163. The maximum absolute atomic E-state index is 13.7. The van der Waals surface area contributed by atoms with Gasteiger partial charge in [-0.1, -0.05) is 0 Å². The standard InChI is InChI=1S/C14H14FN5O4/c15-9-3-1-5-16-11(9)20-8-17-10(18-20)12(21)19-6-2-4-14(24,7-19)13(22)23/h1,3,5,8,24H,2,4,6-7H2,(H,22,23). The zero-order valence-corrected chi connectivity index (χ0v) is 12.5. The van der Waals surface area contributed by atoms with Gasteiger partial charge in [-0.25, -0.2) is 19.2 Å². The number of carboxylic acid groups (broad SMARTS) is 1. The Balaban J connectivity index is 1.81. The van der Waals surface area contributed by atoms with E-state index in [-0.39, 0.29) is 31.2 Å². The Morgan fingerprint density at radius 1 is 1.33 bits per heavy atom. The summed E-state index contributed by atoms with van der Waals surface area (Å²) in [5.74, 6) is -2.97. The quantitative estimate of drug-likeness (QED) is 0.800. The van der Waals surface area contributed by atoms with E-state index in [1.165, 1.54) is 23.2 Å². The van der Waals surface area contributed by atoms with Crippen molar-refractivity contribution in [1.82, 2.24) is 24.6 Å². The van der Waals surface area contributed by atoms with Crippen molar-refractivity contribution in [1.29, 1.82) is 0 Å². The van der Waals surface area contributed by atoms with Crippen LogP contribution in [-0.4, -0.2) is 65.4 Å². The summed E-state index contributed by atoms with van der Waals surface area (Å²) in [6.07, 6.45) is 2.92. The van der Waals surface area contributed by atoms with Crippen LogP contribution in [-0.2, 0) is 4.79 Å². The second-order valence-electron chi connectivity index (χ2n) is 5.49. The van der Waals surface area contributed by atoms with E-state index in [9.17, 15) is 19.1 Å². The Morgan fingerprint density at radius 2 is 2.12 bits per heavy atom. The molecular formula is C14H14FN5O4. The minimum Gasteiger partial charge on any atom is -0.479 e. The predicted octanol–water partition coefficient (Wildman–Crippen LogP) is -0.147. The van der Waals surface area contributed by atoms with Gasteiger partial charge in [0.2, 0.25) is 5.82 Å². The van der Waals surface area contributed by atoms with Crippen molar-refractivity contribution < 1.29 is 24.2 Å². The van der Waals surface area contributed by atoms with Crippen LogP contribution >= 0.6 is 0 Å². The van der Waals surface area contributed by atoms with Gasteiger partial charge in [0.25, 0.3) is 5.91 Å². The number of halogens is 1. The molecule has 3 heterocycles. The summed E-state index contributed by atoms with van der Waals surface area (Å²) in [6, 6.07) is 2.62. The molecule has 1 fully saturated rings. The number of aromatic nitrogens is 4. The third-order valence-electron chi connectivity index (χ3n) is 3.80. The van der Waals surface area contributed by atoms with Crippen LogP contribution < -0.4 is 0 Å². The number of amides is 1. The van der Waals surface area contributed by atoms with Gasteiger partial charge in [-0.3, -0.25) is 4.79 Å². The third-order valence-corrected chi connectivity index (χ3v) is 3.80. The molecule has 0 saturated carbocycles. The molecule has 24 heavy (non-hydrogen) atoms. The minimum atomic E-state index is -1.98. The lowest BCUT2D eigenvalue weighted by Gasteiger charge is -2.35. The lowest BCUT2D eigenvalue weighted by atomic mass is 9.93. The summed E-state index contributed by atoms with van der Waals surface area (Å²) in [6.45, 7) is -0.0748. The highest BCUT2D eigenvalue weighted by atomic mass is 19.1. The zero-order valence-electron chi connectivity index (χ0n) is 12.5. The molecule has 10 heteroatoms. The van der Waals surface area contributed by atoms with Crippen LogP contribution in [0.3, 0.4) is 0 Å². The van der Waals surface area contributed by atoms with Crippen molar-refractivity contribution in [3.8, 4) is 5.82 Å². The first-order chi connectivity index (χ1) is 11.4. The molecule has 0 radical (unpaired) electrons. The van der Waals surface area contributed by atoms with Gasteiger partial charge < -0.3 is 15.1 Å². The molecule has 0 bridgehead atoms. The molecule has 1 atom stereocenters. The summed E-state index contributed by atoms with van der Waals surface area (Å²) < 4.78 is 14.7. The van der Waals surface area contributed by atoms with Gasteiger partial charge in [-0.2, -0.15) is 4.68 Å². The average molecular weight is 335 g/mol. The minimum absolute atomic E-state index is 0.0626. The Hall–Kier alpha value is -2.88. The van der Waals surface area contributed by atoms with Gasteiger partial charge in [0.15, 0.2) is 17.2 Å². The van der Waals surface area contributed by atoms with Crippen molar-refractivity contribution in [3.63, 3.8) is 0 Å². The molecule has 1 aliphatic heterocycles. The van der Waals surface area contributed by atoms with Crippen molar-refractivity contribution in [2.75, 3.05) is 13.1 Å². The second kappa shape index (κ2) is 5.96. The number of piperidine rings is 1. The fourth-order valence-corrected chi connectivity index (χ4v) is 2.53. The Morgan fingerprint density at radius 3 is 2.83 bits per heavy atom. The van der Waals surface area contributed by atoms with E-state index in [4.69, 9.17) is 5.11 Å². The highest BCUT2D eigenvalue weighted by Crippen LogP contribution is 2.22. The second-order valence-corrected chi connectivity index (χ2v) is 5.49. The molecule has 1 amide bonds. The number of aliphatic hydroxyl groups is 1. The van der Waals surface area contributed by atoms with E-state index >= 15 is 0 Å². The number of carbonyl (C=O) groups is 2. The predicted molar refractivity (Wildman–Crippen MR) is 76.8 cm³/mol. The van der Waals surface area contributed by atoms with Gasteiger partial charge >= 0.3 is 5.97 Å². The Labute approximate surface area is 135 Å². The molecule has 0 aliphatic carbocycles. The summed E-state index contributed by atoms with van der Waals surface area (Å²) in [5, 5.41) is 23.0. The Bertz CT molecular complexity index is 795. The van der Waals surface area contributed by atoms with Gasteiger partial charge in [0, 0.05) is 12.7 Å². The number of carbonyl (C=O) groups excluding carboxylic acids is 1. The number of nitrogens with zero attached hydrogens (tertiary/aromatic N) is 5. The number of pyridine rings is 1. The summed E-state index contributed by atoms with van der Waals surface area (Å²) in [7, 11) is 0. The molecule has 1 aliphatic rings. The van der Waals surface area contributed by atoms with Crippen LogP contribution in [0.1, 0.15) is 23.5 Å². The largest absolute Gasteiger partial charge is 0.479 e. The van der Waals surface area contributed by atoms with Crippen molar-refractivity contribution >= 4 is 11.9 Å². The van der Waals surface area contributed by atoms with E-state index in [0.717, 1.165) is 11.0 Å². The summed E-state index contributed by atoms with van der Waals surface area (Å²) >= 11 is 0. The highest BCUT2D eigenvalue weighted by Gasteiger charge is 2.42. The first-order valence-electron chi connectivity index (χ1n) is 7.18. The zero-order chi connectivity index (χ0) is 17.3. The van der Waals surface area contributed by atoms with E-state index in [1.54, 1.807) is 0 Å². The van der Waals surface area contributed by atoms with Crippen LogP contribution in [0.15, 0.2) is 24.7 Å². The molecule has 2 aromatic rings. The number of rotatable bonds is 3. The van der Waals surface area contributed by atoms with Crippen molar-refractivity contribution in [2.45, 2.75) is 18.4 Å². The third kappa shape index (κ3) is 2.83. The molecule has 0 spiro atoms. The monoisotopic (exact) mass is 335 g/mol. The lowest BCUT2D eigenvalue weighted by Crippen LogP contribution is -2.54. The van der Waals surface area contributed by atoms with E-state index in [1.807, 2.05) is 0 Å². The molecule has 126 valence electrons.